The molecule has 0 aliphatic rings. The maximum absolute atomic E-state index is 4.57. The summed E-state index contributed by atoms with van der Waals surface area (Å²) in [5, 5.41) is 0. The first kappa shape index (κ1) is 11.2. The number of nitrogens with zero attached hydrogens (tertiary/aromatic N) is 2. The third-order valence-corrected chi connectivity index (χ3v) is 2.04. The molecule has 1 heterocycles. The van der Waals surface area contributed by atoms with E-state index in [1.54, 1.807) is 0 Å². The number of aromatic nitrogens is 2. The zero-order valence-electron chi connectivity index (χ0n) is 9.97. The van der Waals surface area contributed by atoms with Crippen molar-refractivity contribution in [3.8, 4) is 0 Å². The van der Waals surface area contributed by atoms with Gasteiger partial charge in [-0.1, -0.05) is 41.5 Å². The largest absolute Gasteiger partial charge is 0.237 e. The number of rotatable bonds is 0. The maximum Gasteiger partial charge on any atom is 0.134 e. The van der Waals surface area contributed by atoms with Gasteiger partial charge in [0.1, 0.15) is 5.82 Å². The minimum atomic E-state index is -0.00222. The standard InChI is InChI=1S/C12H19N2/c1-11(2,3)9-7-8-13-10(14-9)12(4,5)6/h7H,1-6H3. The summed E-state index contributed by atoms with van der Waals surface area (Å²) in [6, 6.07) is 1.87. The minimum absolute atomic E-state index is 0.00222. The fraction of sp³-hybridized carbons (Fsp3) is 0.667. The average Bonchev–Trinajstić information content (AvgIpc) is 2.01. The molecule has 0 unspecified atom stereocenters. The van der Waals surface area contributed by atoms with Crippen molar-refractivity contribution in [2.45, 2.75) is 52.4 Å². The lowest BCUT2D eigenvalue weighted by molar-refractivity contribution is 0.512. The molecule has 14 heavy (non-hydrogen) atoms. The van der Waals surface area contributed by atoms with Gasteiger partial charge in [0, 0.05) is 10.8 Å². The lowest BCUT2D eigenvalue weighted by Crippen LogP contribution is -2.21. The second-order valence-electron chi connectivity index (χ2n) is 5.71. The second kappa shape index (κ2) is 3.34. The molecule has 1 radical (unpaired) electrons. The molecule has 0 atom stereocenters. The third kappa shape index (κ3) is 2.53. The van der Waals surface area contributed by atoms with Gasteiger partial charge in [0.05, 0.1) is 11.9 Å². The van der Waals surface area contributed by atoms with Crippen LogP contribution in [0.2, 0.25) is 0 Å². The van der Waals surface area contributed by atoms with Crippen molar-refractivity contribution in [1.29, 1.82) is 0 Å². The van der Waals surface area contributed by atoms with Crippen molar-refractivity contribution in [2.24, 2.45) is 0 Å². The van der Waals surface area contributed by atoms with Gasteiger partial charge in [0.2, 0.25) is 0 Å². The Labute approximate surface area is 86.8 Å². The van der Waals surface area contributed by atoms with E-state index in [0.717, 1.165) is 11.5 Å². The highest BCUT2D eigenvalue weighted by Gasteiger charge is 2.21. The molecule has 2 nitrogen and oxygen atoms in total. The van der Waals surface area contributed by atoms with Gasteiger partial charge in [-0.15, -0.1) is 0 Å². The van der Waals surface area contributed by atoms with Crippen molar-refractivity contribution in [1.82, 2.24) is 9.97 Å². The molecule has 0 aliphatic heterocycles. The summed E-state index contributed by atoms with van der Waals surface area (Å²) in [5.41, 5.74) is 1.12. The normalized spacial score (nSPS) is 13.0. The van der Waals surface area contributed by atoms with Crippen LogP contribution in [0.1, 0.15) is 53.1 Å². The third-order valence-electron chi connectivity index (χ3n) is 2.04. The van der Waals surface area contributed by atoms with Crippen LogP contribution >= 0.6 is 0 Å². The summed E-state index contributed by atoms with van der Waals surface area (Å²) in [6.07, 6.45) is 2.93. The van der Waals surface area contributed by atoms with E-state index < -0.39 is 0 Å². The molecule has 0 aliphatic carbocycles. The first-order valence-electron chi connectivity index (χ1n) is 4.97. The van der Waals surface area contributed by atoms with Crippen LogP contribution < -0.4 is 0 Å². The molecule has 1 aromatic heterocycles. The van der Waals surface area contributed by atoms with Gasteiger partial charge in [-0.05, 0) is 6.07 Å². The zero-order valence-corrected chi connectivity index (χ0v) is 9.97. The quantitative estimate of drug-likeness (QED) is 0.630. The van der Waals surface area contributed by atoms with E-state index in [-0.39, 0.29) is 10.8 Å². The smallest absolute Gasteiger partial charge is 0.134 e. The van der Waals surface area contributed by atoms with Crippen LogP contribution in [0.15, 0.2) is 6.07 Å². The number of hydrogen-bond acceptors (Lipinski definition) is 2. The van der Waals surface area contributed by atoms with Gasteiger partial charge < -0.3 is 0 Å². The fourth-order valence-corrected chi connectivity index (χ4v) is 1.05. The Morgan fingerprint density at radius 3 is 2.00 bits per heavy atom. The molecule has 1 aromatic rings. The van der Waals surface area contributed by atoms with Crippen LogP contribution in [0, 0.1) is 6.20 Å². The number of hydrogen-bond donors (Lipinski definition) is 0. The summed E-state index contributed by atoms with van der Waals surface area (Å²) >= 11 is 0. The SMILES string of the molecule is CC(C)(C)c1c[c]nc(C(C)(C)C)n1. The topological polar surface area (TPSA) is 25.8 Å². The molecule has 0 saturated heterocycles. The van der Waals surface area contributed by atoms with Crippen molar-refractivity contribution in [2.75, 3.05) is 0 Å². The molecule has 0 bridgehead atoms. The van der Waals surface area contributed by atoms with Gasteiger partial charge in [-0.2, -0.15) is 0 Å². The van der Waals surface area contributed by atoms with Gasteiger partial charge in [0.25, 0.3) is 0 Å². The summed E-state index contributed by atoms with van der Waals surface area (Å²) in [5.74, 6) is 0.866. The Morgan fingerprint density at radius 1 is 1.00 bits per heavy atom. The van der Waals surface area contributed by atoms with E-state index in [1.165, 1.54) is 0 Å². The van der Waals surface area contributed by atoms with Crippen LogP contribution in [-0.4, -0.2) is 9.97 Å². The van der Waals surface area contributed by atoms with E-state index in [2.05, 4.69) is 57.7 Å². The second-order valence-corrected chi connectivity index (χ2v) is 5.71. The summed E-state index contributed by atoms with van der Waals surface area (Å²) < 4.78 is 0. The summed E-state index contributed by atoms with van der Waals surface area (Å²) in [4.78, 5) is 8.76. The first-order valence-corrected chi connectivity index (χ1v) is 4.97. The molecule has 0 saturated carbocycles. The fourth-order valence-electron chi connectivity index (χ4n) is 1.05. The lowest BCUT2D eigenvalue weighted by atomic mass is 9.90. The first-order chi connectivity index (χ1) is 6.21. The average molecular weight is 191 g/mol. The van der Waals surface area contributed by atoms with Crippen molar-refractivity contribution < 1.29 is 0 Å². The Morgan fingerprint density at radius 2 is 1.57 bits per heavy atom. The molecule has 2 heteroatoms. The maximum atomic E-state index is 4.57. The van der Waals surface area contributed by atoms with Gasteiger partial charge >= 0.3 is 0 Å². The van der Waals surface area contributed by atoms with Crippen LogP contribution in [0.25, 0.3) is 0 Å². The molecular weight excluding hydrogens is 172 g/mol. The summed E-state index contributed by atoms with van der Waals surface area (Å²) in [6.45, 7) is 12.8. The molecule has 0 N–H and O–H groups in total. The van der Waals surface area contributed by atoms with Crippen LogP contribution in [-0.2, 0) is 10.8 Å². The van der Waals surface area contributed by atoms with Crippen molar-refractivity contribution in [3.05, 3.63) is 23.8 Å². The monoisotopic (exact) mass is 191 g/mol. The van der Waals surface area contributed by atoms with Crippen LogP contribution in [0.3, 0.4) is 0 Å². The van der Waals surface area contributed by atoms with Gasteiger partial charge in [-0.25, -0.2) is 9.97 Å². The Hall–Kier alpha value is -0.920. The van der Waals surface area contributed by atoms with E-state index in [1.807, 2.05) is 6.07 Å². The van der Waals surface area contributed by atoms with E-state index in [4.69, 9.17) is 0 Å². The molecule has 77 valence electrons. The Bertz CT molecular complexity index is 287. The molecule has 0 fully saturated rings. The van der Waals surface area contributed by atoms with E-state index in [9.17, 15) is 0 Å². The molecular formula is C12H19N2. The van der Waals surface area contributed by atoms with Gasteiger partial charge in [0.15, 0.2) is 0 Å². The molecule has 1 rings (SSSR count). The highest BCUT2D eigenvalue weighted by atomic mass is 14.9. The van der Waals surface area contributed by atoms with Gasteiger partial charge in [-0.3, -0.25) is 0 Å². The predicted octanol–water partition coefficient (Wildman–Crippen LogP) is 2.87. The highest BCUT2D eigenvalue weighted by molar-refractivity contribution is 5.14. The molecule has 0 spiro atoms. The van der Waals surface area contributed by atoms with Crippen LogP contribution in [0.5, 0.6) is 0 Å². The molecule has 0 aromatic carbocycles. The Balaban J connectivity index is 3.15. The van der Waals surface area contributed by atoms with E-state index in [0.29, 0.717) is 0 Å². The van der Waals surface area contributed by atoms with Crippen molar-refractivity contribution >= 4 is 0 Å². The van der Waals surface area contributed by atoms with Crippen molar-refractivity contribution in [3.63, 3.8) is 0 Å². The Kier molecular flexibility index (Phi) is 2.66. The lowest BCUT2D eigenvalue weighted by Gasteiger charge is -2.21. The zero-order chi connectivity index (χ0) is 11.0. The predicted molar refractivity (Wildman–Crippen MR) is 58.3 cm³/mol. The molecule has 0 amide bonds. The van der Waals surface area contributed by atoms with Crippen LogP contribution in [0.4, 0.5) is 0 Å². The van der Waals surface area contributed by atoms with E-state index >= 15 is 0 Å². The minimum Gasteiger partial charge on any atom is -0.237 e. The summed E-state index contributed by atoms with van der Waals surface area (Å²) in [7, 11) is 0. The highest BCUT2D eigenvalue weighted by Crippen LogP contribution is 2.23.